The van der Waals surface area contributed by atoms with Crippen molar-refractivity contribution in [2.75, 3.05) is 0 Å². The van der Waals surface area contributed by atoms with E-state index in [-0.39, 0.29) is 5.56 Å². The topological polar surface area (TPSA) is 70.0 Å². The molecule has 0 unspecified atom stereocenters. The first-order valence-electron chi connectivity index (χ1n) is 12.2. The second kappa shape index (κ2) is 21.5. The monoisotopic (exact) mass is 490 g/mol. The molecule has 0 amide bonds. The number of benzene rings is 1. The zero-order valence-corrected chi connectivity index (χ0v) is 23.9. The smallest absolute Gasteiger partial charge is 0.141 e. The molecular formula is C29H47FN2OS. The maximum absolute atomic E-state index is 13.8. The molecule has 3 nitrogen and oxygen atoms in total. The van der Waals surface area contributed by atoms with E-state index in [9.17, 15) is 9.50 Å². The van der Waals surface area contributed by atoms with Crippen molar-refractivity contribution in [1.82, 2.24) is 0 Å². The third kappa shape index (κ3) is 18.4. The SMILES string of the molecule is C=C(C)S/C(C#CC(C)(C)O)=C(\C)c1ccc(C#N)c(F)c1.CC.CC.CCCC(N)CCC. The van der Waals surface area contributed by atoms with Crippen molar-refractivity contribution < 1.29 is 9.50 Å². The van der Waals surface area contributed by atoms with Crippen LogP contribution in [0.5, 0.6) is 0 Å². The van der Waals surface area contributed by atoms with Crippen LogP contribution < -0.4 is 5.73 Å². The van der Waals surface area contributed by atoms with Gasteiger partial charge in [0.2, 0.25) is 0 Å². The molecule has 0 spiro atoms. The van der Waals surface area contributed by atoms with E-state index >= 15 is 0 Å². The second-order valence-electron chi connectivity index (χ2n) is 7.71. The van der Waals surface area contributed by atoms with Crippen LogP contribution in [0.25, 0.3) is 5.57 Å². The summed E-state index contributed by atoms with van der Waals surface area (Å²) in [4.78, 5) is 1.53. The van der Waals surface area contributed by atoms with E-state index in [1.807, 2.05) is 41.5 Å². The van der Waals surface area contributed by atoms with Gasteiger partial charge in [-0.3, -0.25) is 0 Å². The highest BCUT2D eigenvalue weighted by molar-refractivity contribution is 8.07. The van der Waals surface area contributed by atoms with Crippen LogP contribution in [0.1, 0.15) is 106 Å². The minimum absolute atomic E-state index is 0.00762. The van der Waals surface area contributed by atoms with Gasteiger partial charge in [-0.1, -0.05) is 90.6 Å². The maximum atomic E-state index is 13.8. The van der Waals surface area contributed by atoms with Crippen molar-refractivity contribution in [2.24, 2.45) is 5.73 Å². The highest BCUT2D eigenvalue weighted by Gasteiger charge is 2.10. The van der Waals surface area contributed by atoms with E-state index in [0.717, 1.165) is 10.5 Å². The number of allylic oxidation sites excluding steroid dienone is 3. The lowest BCUT2D eigenvalue weighted by Gasteiger charge is -2.10. The van der Waals surface area contributed by atoms with Gasteiger partial charge in [0.25, 0.3) is 0 Å². The normalized spacial score (nSPS) is 10.5. The summed E-state index contributed by atoms with van der Waals surface area (Å²) in [6.45, 7) is 23.1. The Balaban J connectivity index is -0.000000671. The molecule has 0 bridgehead atoms. The molecule has 0 saturated carbocycles. The van der Waals surface area contributed by atoms with Gasteiger partial charge in [0.1, 0.15) is 17.5 Å². The van der Waals surface area contributed by atoms with Crippen molar-refractivity contribution in [1.29, 1.82) is 5.26 Å². The Morgan fingerprint density at radius 1 is 1.15 bits per heavy atom. The average molecular weight is 491 g/mol. The molecule has 0 heterocycles. The Morgan fingerprint density at radius 2 is 1.65 bits per heavy atom. The molecule has 0 aliphatic heterocycles. The quantitative estimate of drug-likeness (QED) is 0.376. The lowest BCUT2D eigenvalue weighted by Crippen LogP contribution is -2.18. The van der Waals surface area contributed by atoms with E-state index in [0.29, 0.717) is 16.5 Å². The Hall–Kier alpha value is -2.05. The molecule has 0 aliphatic carbocycles. The lowest BCUT2D eigenvalue weighted by molar-refractivity contribution is 0.143. The summed E-state index contributed by atoms with van der Waals surface area (Å²) in [5, 5.41) is 18.5. The number of nitrogens with zero attached hydrogens (tertiary/aromatic N) is 1. The summed E-state index contributed by atoms with van der Waals surface area (Å²) in [5.41, 5.74) is 6.00. The predicted octanol–water partition coefficient (Wildman–Crippen LogP) is 8.44. The van der Waals surface area contributed by atoms with Gasteiger partial charge < -0.3 is 10.8 Å². The number of nitrogens with two attached hydrogens (primary N) is 1. The van der Waals surface area contributed by atoms with Crippen LogP contribution in [0.2, 0.25) is 0 Å². The fourth-order valence-electron chi connectivity index (χ4n) is 2.44. The number of hydrogen-bond donors (Lipinski definition) is 2. The molecule has 0 fully saturated rings. The highest BCUT2D eigenvalue weighted by atomic mass is 32.2. The van der Waals surface area contributed by atoms with E-state index in [1.165, 1.54) is 49.6 Å². The zero-order valence-electron chi connectivity index (χ0n) is 23.1. The van der Waals surface area contributed by atoms with Crippen molar-refractivity contribution >= 4 is 17.3 Å². The van der Waals surface area contributed by atoms with Crippen molar-refractivity contribution in [3.63, 3.8) is 0 Å². The highest BCUT2D eigenvalue weighted by Crippen LogP contribution is 2.31. The summed E-state index contributed by atoms with van der Waals surface area (Å²) in [5.74, 6) is 5.13. The zero-order chi connectivity index (χ0) is 27.3. The third-order valence-electron chi connectivity index (χ3n) is 3.94. The predicted molar refractivity (Wildman–Crippen MR) is 151 cm³/mol. The first-order valence-corrected chi connectivity index (χ1v) is 13.0. The molecule has 192 valence electrons. The van der Waals surface area contributed by atoms with Gasteiger partial charge in [0.15, 0.2) is 0 Å². The molecule has 0 aromatic heterocycles. The van der Waals surface area contributed by atoms with E-state index in [1.54, 1.807) is 26.0 Å². The minimum Gasteiger partial charge on any atom is -0.378 e. The van der Waals surface area contributed by atoms with E-state index in [2.05, 4.69) is 32.3 Å². The molecule has 1 rings (SSSR count). The number of nitriles is 1. The van der Waals surface area contributed by atoms with Gasteiger partial charge in [0.05, 0.1) is 10.5 Å². The van der Waals surface area contributed by atoms with Crippen LogP contribution in [0.3, 0.4) is 0 Å². The van der Waals surface area contributed by atoms with Gasteiger partial charge >= 0.3 is 0 Å². The Kier molecular flexibility index (Phi) is 23.1. The summed E-state index contributed by atoms with van der Waals surface area (Å²) < 4.78 is 13.8. The minimum atomic E-state index is -1.11. The first-order chi connectivity index (χ1) is 15.9. The molecule has 0 atom stereocenters. The molecule has 1 aromatic carbocycles. The molecule has 1 aromatic rings. The van der Waals surface area contributed by atoms with Gasteiger partial charge in [0, 0.05) is 6.04 Å². The second-order valence-corrected chi connectivity index (χ2v) is 9.02. The van der Waals surface area contributed by atoms with Crippen molar-refractivity contribution in [2.45, 2.75) is 107 Å². The van der Waals surface area contributed by atoms with Crippen LogP contribution in [-0.4, -0.2) is 16.7 Å². The van der Waals surface area contributed by atoms with Gasteiger partial charge in [-0.15, -0.1) is 0 Å². The van der Waals surface area contributed by atoms with Gasteiger partial charge in [-0.25, -0.2) is 4.39 Å². The fourth-order valence-corrected chi connectivity index (χ4v) is 3.16. The van der Waals surface area contributed by atoms with Crippen molar-refractivity contribution in [3.8, 4) is 17.9 Å². The van der Waals surface area contributed by atoms with E-state index in [4.69, 9.17) is 11.0 Å². The number of halogens is 1. The van der Waals surface area contributed by atoms with Crippen molar-refractivity contribution in [3.05, 3.63) is 51.5 Å². The average Bonchev–Trinajstić information content (AvgIpc) is 2.79. The molecule has 3 N–H and O–H groups in total. The van der Waals surface area contributed by atoms with Crippen LogP contribution in [0.4, 0.5) is 4.39 Å². The molecule has 0 radical (unpaired) electrons. The lowest BCUT2D eigenvalue weighted by atomic mass is 10.0. The largest absolute Gasteiger partial charge is 0.378 e. The molecule has 34 heavy (non-hydrogen) atoms. The Bertz CT molecular complexity index is 830. The van der Waals surface area contributed by atoms with Gasteiger partial charge in [-0.2, -0.15) is 5.26 Å². The fraction of sp³-hybridized carbons (Fsp3) is 0.552. The number of aliphatic hydroxyl groups is 1. The molecule has 0 saturated heterocycles. The third-order valence-corrected chi connectivity index (χ3v) is 4.90. The van der Waals surface area contributed by atoms with Crippen LogP contribution in [0.15, 0.2) is 34.6 Å². The van der Waals surface area contributed by atoms with Crippen LogP contribution in [0, 0.1) is 29.0 Å². The summed E-state index contributed by atoms with van der Waals surface area (Å²) in [6, 6.07) is 6.70. The standard InChI is InChI=1S/C18H18FNOS.C7H17N.2C2H6/c1-12(2)22-17(8-9-18(4,5)21)13(3)14-6-7-15(11-20)16(19)10-14;1-3-5-7(8)6-4-2;2*1-2/h6-7,10,21H,1H2,2-5H3;7H,3-6,8H2,1-2H3;2*1-2H3/b17-13+;;;. The summed E-state index contributed by atoms with van der Waals surface area (Å²) >= 11 is 1.37. The van der Waals surface area contributed by atoms with Gasteiger partial charge in [-0.05, 0) is 68.7 Å². The number of thioether (sulfide) groups is 1. The summed E-state index contributed by atoms with van der Waals surface area (Å²) in [6.07, 6.45) is 4.82. The Morgan fingerprint density at radius 3 is 2.00 bits per heavy atom. The molecule has 0 aliphatic rings. The van der Waals surface area contributed by atoms with Crippen LogP contribution in [-0.2, 0) is 0 Å². The summed E-state index contributed by atoms with van der Waals surface area (Å²) in [7, 11) is 0. The Labute approximate surface area is 213 Å². The van der Waals surface area contributed by atoms with E-state index < -0.39 is 11.4 Å². The number of rotatable bonds is 7. The van der Waals surface area contributed by atoms with Crippen LogP contribution >= 0.6 is 11.8 Å². The molecular weight excluding hydrogens is 443 g/mol. The number of hydrogen-bond acceptors (Lipinski definition) is 4. The first kappa shape index (κ1) is 36.5. The molecule has 5 heteroatoms. The maximum Gasteiger partial charge on any atom is 0.141 e.